The minimum absolute atomic E-state index is 0.262. The van der Waals surface area contributed by atoms with Gasteiger partial charge < -0.3 is 13.9 Å². The van der Waals surface area contributed by atoms with Gasteiger partial charge in [-0.2, -0.15) is 0 Å². The van der Waals surface area contributed by atoms with Gasteiger partial charge in [0.05, 0.1) is 6.61 Å². The largest absolute Gasteiger partial charge is 0.474 e. The van der Waals surface area contributed by atoms with E-state index in [9.17, 15) is 9.59 Å². The second-order valence-corrected chi connectivity index (χ2v) is 5.11. The van der Waals surface area contributed by atoms with Crippen molar-refractivity contribution >= 4 is 16.9 Å². The lowest BCUT2D eigenvalue weighted by molar-refractivity contribution is -0.151. The van der Waals surface area contributed by atoms with Crippen LogP contribution in [0.4, 0.5) is 0 Å². The van der Waals surface area contributed by atoms with E-state index in [0.29, 0.717) is 16.9 Å². The number of rotatable bonds is 5. The molecule has 3 rings (SSSR count). The number of carbonyl (C=O) groups is 1. The van der Waals surface area contributed by atoms with E-state index in [1.807, 2.05) is 18.2 Å². The normalized spacial score (nSPS) is 11.9. The number of esters is 1. The molecule has 0 saturated heterocycles. The van der Waals surface area contributed by atoms with Gasteiger partial charge >= 0.3 is 11.6 Å². The molecule has 3 aromatic rings. The molecule has 0 saturated carbocycles. The van der Waals surface area contributed by atoms with Crippen molar-refractivity contribution in [3.63, 3.8) is 0 Å². The molecule has 0 bridgehead atoms. The third-order valence-electron chi connectivity index (χ3n) is 3.45. The molecule has 1 heterocycles. The number of hydrogen-bond donors (Lipinski definition) is 0. The first-order chi connectivity index (χ1) is 11.7. The quantitative estimate of drug-likeness (QED) is 0.531. The number of carbonyl (C=O) groups excluding carboxylic acids is 1. The van der Waals surface area contributed by atoms with Crippen molar-refractivity contribution in [1.82, 2.24) is 0 Å². The fraction of sp³-hybridized carbons (Fsp3) is 0.158. The fourth-order valence-electron chi connectivity index (χ4n) is 2.35. The Morgan fingerprint density at radius 1 is 1.08 bits per heavy atom. The molecule has 0 aliphatic heterocycles. The summed E-state index contributed by atoms with van der Waals surface area (Å²) in [5, 5.41) is 0.773. The molecule has 5 heteroatoms. The van der Waals surface area contributed by atoms with Crippen LogP contribution < -0.4 is 10.4 Å². The molecule has 5 nitrogen and oxygen atoms in total. The van der Waals surface area contributed by atoms with Crippen LogP contribution in [0.3, 0.4) is 0 Å². The minimum atomic E-state index is -0.890. The Kier molecular flexibility index (Phi) is 4.61. The molecular weight excluding hydrogens is 308 g/mol. The average Bonchev–Trinajstić information content (AvgIpc) is 2.60. The van der Waals surface area contributed by atoms with Gasteiger partial charge in [0.25, 0.3) is 0 Å². The van der Waals surface area contributed by atoms with Gasteiger partial charge in [-0.15, -0.1) is 0 Å². The summed E-state index contributed by atoms with van der Waals surface area (Å²) in [5.41, 5.74) is 0.644. The van der Waals surface area contributed by atoms with Crippen LogP contribution >= 0.6 is 0 Å². The fourth-order valence-corrected chi connectivity index (χ4v) is 2.35. The van der Waals surface area contributed by atoms with Crippen LogP contribution in [-0.4, -0.2) is 12.6 Å². The zero-order chi connectivity index (χ0) is 16.9. The Bertz CT molecular complexity index is 898. The highest BCUT2D eigenvalue weighted by Gasteiger charge is 2.24. The van der Waals surface area contributed by atoms with Gasteiger partial charge in [0, 0.05) is 23.1 Å². The van der Waals surface area contributed by atoms with Crippen LogP contribution in [0.25, 0.3) is 11.0 Å². The zero-order valence-corrected chi connectivity index (χ0v) is 13.1. The maximum absolute atomic E-state index is 12.2. The average molecular weight is 324 g/mol. The second-order valence-electron chi connectivity index (χ2n) is 5.11. The van der Waals surface area contributed by atoms with Crippen molar-refractivity contribution in [2.75, 3.05) is 6.61 Å². The molecule has 0 N–H and O–H groups in total. The maximum atomic E-state index is 12.2. The lowest BCUT2D eigenvalue weighted by Gasteiger charge is -2.18. The lowest BCUT2D eigenvalue weighted by atomic mass is 10.1. The smallest absolute Gasteiger partial charge is 0.352 e. The van der Waals surface area contributed by atoms with Gasteiger partial charge in [0.2, 0.25) is 6.10 Å². The highest BCUT2D eigenvalue weighted by Crippen LogP contribution is 2.26. The lowest BCUT2D eigenvalue weighted by Crippen LogP contribution is -2.21. The summed E-state index contributed by atoms with van der Waals surface area (Å²) in [6.07, 6.45) is -0.890. The monoisotopic (exact) mass is 324 g/mol. The molecule has 0 amide bonds. The van der Waals surface area contributed by atoms with Crippen molar-refractivity contribution in [1.29, 1.82) is 0 Å². The van der Waals surface area contributed by atoms with Gasteiger partial charge in [-0.05, 0) is 25.1 Å². The topological polar surface area (TPSA) is 65.7 Å². The summed E-state index contributed by atoms with van der Waals surface area (Å²) in [7, 11) is 0. The summed E-state index contributed by atoms with van der Waals surface area (Å²) in [4.78, 5) is 23.6. The van der Waals surface area contributed by atoms with Gasteiger partial charge in [0.15, 0.2) is 0 Å². The van der Waals surface area contributed by atoms with Crippen LogP contribution in [0, 0.1) is 0 Å². The summed E-state index contributed by atoms with van der Waals surface area (Å²) in [5.74, 6) is -0.0583. The van der Waals surface area contributed by atoms with Crippen molar-refractivity contribution in [2.45, 2.75) is 13.0 Å². The molecule has 24 heavy (non-hydrogen) atoms. The summed E-state index contributed by atoms with van der Waals surface area (Å²) in [6, 6.07) is 17.2. The third kappa shape index (κ3) is 3.46. The van der Waals surface area contributed by atoms with Crippen LogP contribution in [0.1, 0.15) is 18.6 Å². The predicted molar refractivity (Wildman–Crippen MR) is 88.9 cm³/mol. The Balaban J connectivity index is 1.95. The number of hydrogen-bond acceptors (Lipinski definition) is 5. The van der Waals surface area contributed by atoms with E-state index in [1.54, 1.807) is 43.3 Å². The van der Waals surface area contributed by atoms with E-state index in [4.69, 9.17) is 13.9 Å². The van der Waals surface area contributed by atoms with Crippen LogP contribution in [0.15, 0.2) is 69.9 Å². The van der Waals surface area contributed by atoms with E-state index in [2.05, 4.69) is 0 Å². The van der Waals surface area contributed by atoms with Crippen molar-refractivity contribution < 1.29 is 18.7 Å². The van der Waals surface area contributed by atoms with Gasteiger partial charge in [0.1, 0.15) is 11.3 Å². The highest BCUT2D eigenvalue weighted by molar-refractivity contribution is 5.79. The molecule has 0 unspecified atom stereocenters. The van der Waals surface area contributed by atoms with Crippen molar-refractivity contribution in [3.8, 4) is 5.75 Å². The number of benzene rings is 2. The van der Waals surface area contributed by atoms with E-state index in [0.717, 1.165) is 5.39 Å². The second kappa shape index (κ2) is 7.00. The first kappa shape index (κ1) is 15.8. The van der Waals surface area contributed by atoms with Gasteiger partial charge in [-0.3, -0.25) is 0 Å². The molecule has 0 fully saturated rings. The summed E-state index contributed by atoms with van der Waals surface area (Å²) in [6.45, 7) is 2.00. The molecule has 1 atom stereocenters. The third-order valence-corrected chi connectivity index (χ3v) is 3.45. The molecule has 2 aromatic carbocycles. The van der Waals surface area contributed by atoms with E-state index in [1.165, 1.54) is 6.07 Å². The van der Waals surface area contributed by atoms with Gasteiger partial charge in [-0.25, -0.2) is 9.59 Å². The summed E-state index contributed by atoms with van der Waals surface area (Å²) < 4.78 is 16.1. The number of fused-ring (bicyclic) bond motifs is 1. The Hall–Kier alpha value is -3.08. The zero-order valence-electron chi connectivity index (χ0n) is 13.1. The van der Waals surface area contributed by atoms with Crippen LogP contribution in [0.5, 0.6) is 5.75 Å². The Labute approximate surface area is 138 Å². The minimum Gasteiger partial charge on any atom is -0.474 e. The SMILES string of the molecule is CCOC(=O)[C@@H](Oc1ccc2ccc(=O)oc2c1)c1ccccc1. The standard InChI is InChI=1S/C19H16O5/c1-2-22-19(21)18(14-6-4-3-5-7-14)23-15-10-8-13-9-11-17(20)24-16(13)12-15/h3-12,18H,2H2,1H3/t18-/m0/s1. The molecule has 122 valence electrons. The highest BCUT2D eigenvalue weighted by atomic mass is 16.6. The number of ether oxygens (including phenoxy) is 2. The van der Waals surface area contributed by atoms with Crippen LogP contribution in [0.2, 0.25) is 0 Å². The molecular formula is C19H16O5. The van der Waals surface area contributed by atoms with Crippen LogP contribution in [-0.2, 0) is 9.53 Å². The Morgan fingerprint density at radius 3 is 2.58 bits per heavy atom. The van der Waals surface area contributed by atoms with E-state index < -0.39 is 17.7 Å². The van der Waals surface area contributed by atoms with Gasteiger partial charge in [-0.1, -0.05) is 30.3 Å². The van der Waals surface area contributed by atoms with Crippen molar-refractivity contribution in [3.05, 3.63) is 76.6 Å². The summed E-state index contributed by atoms with van der Waals surface area (Å²) >= 11 is 0. The molecule has 0 spiro atoms. The molecule has 0 radical (unpaired) electrons. The first-order valence-corrected chi connectivity index (χ1v) is 7.59. The molecule has 0 aliphatic carbocycles. The maximum Gasteiger partial charge on any atom is 0.352 e. The molecule has 0 aliphatic rings. The van der Waals surface area contributed by atoms with Crippen molar-refractivity contribution in [2.24, 2.45) is 0 Å². The first-order valence-electron chi connectivity index (χ1n) is 7.59. The molecule has 1 aromatic heterocycles. The van der Waals surface area contributed by atoms with E-state index >= 15 is 0 Å². The van der Waals surface area contributed by atoms with E-state index in [-0.39, 0.29) is 6.61 Å². The Morgan fingerprint density at radius 2 is 1.83 bits per heavy atom. The predicted octanol–water partition coefficient (Wildman–Crippen LogP) is 3.48.